The number of carbonyl (C=O) groups excluding carboxylic acids is 1. The first-order valence-corrected chi connectivity index (χ1v) is 7.65. The number of hydrogen-bond acceptors (Lipinski definition) is 4. The summed E-state index contributed by atoms with van der Waals surface area (Å²) in [6.45, 7) is 14.1. The monoisotopic (exact) mass is 286 g/mol. The molecule has 20 heavy (non-hydrogen) atoms. The number of morpholine rings is 1. The van der Waals surface area contributed by atoms with Crippen molar-refractivity contribution < 1.29 is 14.3 Å². The number of nitrogens with one attached hydrogen (secondary N) is 1. The van der Waals surface area contributed by atoms with Gasteiger partial charge in [0.05, 0.1) is 12.2 Å². The maximum Gasteiger partial charge on any atom is 0.248 e. The summed E-state index contributed by atoms with van der Waals surface area (Å²) in [5.41, 5.74) is 0. The van der Waals surface area contributed by atoms with Crippen LogP contribution in [0.3, 0.4) is 0 Å². The molecule has 0 saturated carbocycles. The summed E-state index contributed by atoms with van der Waals surface area (Å²) in [5, 5.41) is 2.94. The van der Waals surface area contributed by atoms with Gasteiger partial charge in [-0.3, -0.25) is 9.69 Å². The lowest BCUT2D eigenvalue weighted by Gasteiger charge is -2.35. The van der Waals surface area contributed by atoms with Crippen molar-refractivity contribution in [1.29, 1.82) is 0 Å². The molecule has 1 rings (SSSR count). The van der Waals surface area contributed by atoms with Gasteiger partial charge in [-0.25, -0.2) is 0 Å². The first-order chi connectivity index (χ1) is 9.38. The summed E-state index contributed by atoms with van der Waals surface area (Å²) in [4.78, 5) is 14.2. The topological polar surface area (TPSA) is 50.8 Å². The molecule has 0 aromatic heterocycles. The van der Waals surface area contributed by atoms with Crippen molar-refractivity contribution in [2.45, 2.75) is 52.9 Å². The van der Waals surface area contributed by atoms with Gasteiger partial charge < -0.3 is 14.8 Å². The Morgan fingerprint density at radius 2 is 1.90 bits per heavy atom. The molecule has 5 nitrogen and oxygen atoms in total. The van der Waals surface area contributed by atoms with E-state index in [0.29, 0.717) is 19.1 Å². The van der Waals surface area contributed by atoms with Crippen molar-refractivity contribution in [3.8, 4) is 0 Å². The second-order valence-corrected chi connectivity index (χ2v) is 6.18. The SMILES string of the molecule is CC(C)CO[C@H](C)C(=O)NCCN1C[C@H](C)O[C@@H](C)C1. The van der Waals surface area contributed by atoms with Gasteiger partial charge in [0, 0.05) is 32.8 Å². The van der Waals surface area contributed by atoms with E-state index < -0.39 is 0 Å². The van der Waals surface area contributed by atoms with Gasteiger partial charge in [-0.2, -0.15) is 0 Å². The van der Waals surface area contributed by atoms with Gasteiger partial charge in [-0.15, -0.1) is 0 Å². The molecular formula is C15H30N2O3. The second kappa shape index (κ2) is 8.60. The van der Waals surface area contributed by atoms with Crippen molar-refractivity contribution in [1.82, 2.24) is 10.2 Å². The molecule has 1 amide bonds. The molecule has 0 aromatic carbocycles. The molecule has 0 spiro atoms. The Kier molecular flexibility index (Phi) is 7.48. The molecule has 0 radical (unpaired) electrons. The number of carbonyl (C=O) groups is 1. The number of rotatable bonds is 7. The van der Waals surface area contributed by atoms with Crippen LogP contribution < -0.4 is 5.32 Å². The van der Waals surface area contributed by atoms with Crippen LogP contribution in [0.5, 0.6) is 0 Å². The van der Waals surface area contributed by atoms with Crippen molar-refractivity contribution in [3.05, 3.63) is 0 Å². The summed E-state index contributed by atoms with van der Waals surface area (Å²) in [6.07, 6.45) is 0.158. The van der Waals surface area contributed by atoms with Crippen LogP contribution in [-0.4, -0.2) is 61.9 Å². The molecule has 1 aliphatic rings. The Morgan fingerprint density at radius 3 is 2.45 bits per heavy atom. The average Bonchev–Trinajstić information content (AvgIpc) is 2.34. The van der Waals surface area contributed by atoms with Crippen molar-refractivity contribution in [2.24, 2.45) is 5.92 Å². The van der Waals surface area contributed by atoms with Gasteiger partial charge in [0.2, 0.25) is 5.91 Å². The van der Waals surface area contributed by atoms with E-state index in [1.807, 2.05) is 0 Å². The third kappa shape index (κ3) is 6.68. The minimum absolute atomic E-state index is 0.0278. The highest BCUT2D eigenvalue weighted by Gasteiger charge is 2.22. The fourth-order valence-corrected chi connectivity index (χ4v) is 2.36. The maximum absolute atomic E-state index is 11.8. The number of ether oxygens (including phenoxy) is 2. The van der Waals surface area contributed by atoms with E-state index in [0.717, 1.165) is 19.6 Å². The van der Waals surface area contributed by atoms with Crippen LogP contribution in [-0.2, 0) is 14.3 Å². The zero-order chi connectivity index (χ0) is 15.1. The lowest BCUT2D eigenvalue weighted by atomic mass is 10.2. The van der Waals surface area contributed by atoms with Crippen LogP contribution in [0, 0.1) is 5.92 Å². The van der Waals surface area contributed by atoms with Crippen molar-refractivity contribution in [2.75, 3.05) is 32.8 Å². The van der Waals surface area contributed by atoms with Gasteiger partial charge in [0.1, 0.15) is 6.10 Å². The lowest BCUT2D eigenvalue weighted by molar-refractivity contribution is -0.132. The number of hydrogen-bond donors (Lipinski definition) is 1. The highest BCUT2D eigenvalue weighted by Crippen LogP contribution is 2.09. The van der Waals surface area contributed by atoms with E-state index in [2.05, 4.69) is 37.9 Å². The summed E-state index contributed by atoms with van der Waals surface area (Å²) in [5.74, 6) is 0.418. The van der Waals surface area contributed by atoms with Gasteiger partial charge in [0.25, 0.3) is 0 Å². The molecule has 0 aromatic rings. The molecule has 3 atom stereocenters. The second-order valence-electron chi connectivity index (χ2n) is 6.18. The predicted octanol–water partition coefficient (Wildman–Crippen LogP) is 1.27. The normalized spacial score (nSPS) is 25.7. The smallest absolute Gasteiger partial charge is 0.248 e. The molecule has 1 aliphatic heterocycles. The quantitative estimate of drug-likeness (QED) is 0.766. The van der Waals surface area contributed by atoms with Crippen molar-refractivity contribution >= 4 is 5.91 Å². The Balaban J connectivity index is 2.18. The third-order valence-corrected chi connectivity index (χ3v) is 3.27. The summed E-state index contributed by atoms with van der Waals surface area (Å²) < 4.78 is 11.2. The molecule has 0 unspecified atom stereocenters. The van der Waals surface area contributed by atoms with E-state index in [9.17, 15) is 4.79 Å². The Morgan fingerprint density at radius 1 is 1.30 bits per heavy atom. The Hall–Kier alpha value is -0.650. The molecule has 1 N–H and O–H groups in total. The largest absolute Gasteiger partial charge is 0.373 e. The molecule has 0 bridgehead atoms. The van der Waals surface area contributed by atoms with E-state index >= 15 is 0 Å². The van der Waals surface area contributed by atoms with Gasteiger partial charge in [-0.1, -0.05) is 13.8 Å². The first-order valence-electron chi connectivity index (χ1n) is 7.65. The van der Waals surface area contributed by atoms with E-state index in [-0.39, 0.29) is 24.2 Å². The summed E-state index contributed by atoms with van der Waals surface area (Å²) in [7, 11) is 0. The van der Waals surface area contributed by atoms with Gasteiger partial charge in [-0.05, 0) is 26.7 Å². The summed E-state index contributed by atoms with van der Waals surface area (Å²) >= 11 is 0. The minimum Gasteiger partial charge on any atom is -0.373 e. The van der Waals surface area contributed by atoms with Crippen LogP contribution in [0.4, 0.5) is 0 Å². The molecule has 5 heteroatoms. The minimum atomic E-state index is -0.375. The summed E-state index contributed by atoms with van der Waals surface area (Å²) in [6, 6.07) is 0. The number of nitrogens with zero attached hydrogens (tertiary/aromatic N) is 1. The highest BCUT2D eigenvalue weighted by molar-refractivity contribution is 5.80. The molecule has 1 saturated heterocycles. The van der Waals surface area contributed by atoms with Crippen LogP contribution >= 0.6 is 0 Å². The van der Waals surface area contributed by atoms with Crippen LogP contribution in [0.25, 0.3) is 0 Å². The van der Waals surface area contributed by atoms with Crippen LogP contribution in [0.2, 0.25) is 0 Å². The Bertz CT molecular complexity index is 287. The molecule has 1 fully saturated rings. The van der Waals surface area contributed by atoms with Gasteiger partial charge in [0.15, 0.2) is 0 Å². The fraction of sp³-hybridized carbons (Fsp3) is 0.933. The number of amides is 1. The van der Waals surface area contributed by atoms with E-state index in [1.54, 1.807) is 6.92 Å². The van der Waals surface area contributed by atoms with Crippen LogP contribution in [0.15, 0.2) is 0 Å². The van der Waals surface area contributed by atoms with E-state index in [4.69, 9.17) is 9.47 Å². The maximum atomic E-state index is 11.8. The molecule has 1 heterocycles. The first kappa shape index (κ1) is 17.4. The zero-order valence-electron chi connectivity index (χ0n) is 13.5. The predicted molar refractivity (Wildman–Crippen MR) is 79.7 cm³/mol. The standard InChI is InChI=1S/C15H30N2O3/c1-11(2)10-19-14(5)15(18)16-6-7-17-8-12(3)20-13(4)9-17/h11-14H,6-10H2,1-5H3,(H,16,18)/t12-,13-,14+/m0/s1. The molecule has 118 valence electrons. The zero-order valence-corrected chi connectivity index (χ0v) is 13.5. The lowest BCUT2D eigenvalue weighted by Crippen LogP contribution is -2.48. The third-order valence-electron chi connectivity index (χ3n) is 3.27. The van der Waals surface area contributed by atoms with E-state index in [1.165, 1.54) is 0 Å². The average molecular weight is 286 g/mol. The van der Waals surface area contributed by atoms with Crippen LogP contribution in [0.1, 0.15) is 34.6 Å². The molecule has 0 aliphatic carbocycles. The fourth-order valence-electron chi connectivity index (χ4n) is 2.36. The Labute approximate surface area is 123 Å². The molecular weight excluding hydrogens is 256 g/mol. The van der Waals surface area contributed by atoms with Gasteiger partial charge >= 0.3 is 0 Å². The highest BCUT2D eigenvalue weighted by atomic mass is 16.5. The van der Waals surface area contributed by atoms with Crippen molar-refractivity contribution in [3.63, 3.8) is 0 Å².